The van der Waals surface area contributed by atoms with E-state index in [0.29, 0.717) is 5.69 Å². The average molecular weight is 298 g/mol. The summed E-state index contributed by atoms with van der Waals surface area (Å²) in [5, 5.41) is 13.4. The van der Waals surface area contributed by atoms with Gasteiger partial charge in [-0.15, -0.1) is 0 Å². The van der Waals surface area contributed by atoms with Crippen molar-refractivity contribution in [3.8, 4) is 6.07 Å². The van der Waals surface area contributed by atoms with Crippen LogP contribution < -0.4 is 0 Å². The molecule has 94 valence electrons. The maximum Gasteiger partial charge on any atom is 0.176 e. The molecule has 0 unspecified atom stereocenters. The van der Waals surface area contributed by atoms with Gasteiger partial charge in [-0.1, -0.05) is 34.1 Å². The number of unbranched alkanes of at least 4 members (excludes halogenated alkanes) is 1. The quantitative estimate of drug-likeness (QED) is 0.845. The molecule has 1 heterocycles. The monoisotopic (exact) mass is 297 g/mol. The fraction of sp³-hybridized carbons (Fsp3) is 0.692. The third-order valence-electron chi connectivity index (χ3n) is 2.52. The molecule has 0 saturated carbocycles. The molecule has 0 N–H and O–H groups in total. The van der Waals surface area contributed by atoms with E-state index in [2.05, 4.69) is 54.8 Å². The molecule has 0 spiro atoms. The first-order valence-corrected chi connectivity index (χ1v) is 6.83. The molecule has 0 fully saturated rings. The average Bonchev–Trinajstić information content (AvgIpc) is 2.51. The number of hydrogen-bond donors (Lipinski definition) is 0. The van der Waals surface area contributed by atoms with Crippen molar-refractivity contribution in [2.45, 2.75) is 53.5 Å². The minimum absolute atomic E-state index is 0.194. The standard InChI is InChI=1S/C13H20BrN3/c1-5-6-7-17-11(8-13(2,3)4)12(14)10(9-15)16-17/h5-8H2,1-4H3. The van der Waals surface area contributed by atoms with Crippen molar-refractivity contribution in [1.29, 1.82) is 5.26 Å². The van der Waals surface area contributed by atoms with Crippen LogP contribution in [0, 0.1) is 16.7 Å². The Morgan fingerprint density at radius 2 is 2.06 bits per heavy atom. The lowest BCUT2D eigenvalue weighted by atomic mass is 9.90. The van der Waals surface area contributed by atoms with Gasteiger partial charge in [0.1, 0.15) is 6.07 Å². The van der Waals surface area contributed by atoms with Gasteiger partial charge in [-0.3, -0.25) is 4.68 Å². The Bertz CT molecular complexity index is 421. The van der Waals surface area contributed by atoms with Crippen molar-refractivity contribution in [2.24, 2.45) is 5.41 Å². The highest BCUT2D eigenvalue weighted by molar-refractivity contribution is 9.10. The molecule has 4 heteroatoms. The first-order valence-electron chi connectivity index (χ1n) is 6.04. The van der Waals surface area contributed by atoms with Crippen LogP contribution in [0.5, 0.6) is 0 Å². The summed E-state index contributed by atoms with van der Waals surface area (Å²) in [6.07, 6.45) is 3.15. The summed E-state index contributed by atoms with van der Waals surface area (Å²) in [5.74, 6) is 0. The second-order valence-electron chi connectivity index (χ2n) is 5.54. The molecule has 0 atom stereocenters. The van der Waals surface area contributed by atoms with E-state index in [-0.39, 0.29) is 5.41 Å². The zero-order chi connectivity index (χ0) is 13.1. The minimum Gasteiger partial charge on any atom is -0.267 e. The summed E-state index contributed by atoms with van der Waals surface area (Å²) in [5.41, 5.74) is 1.84. The zero-order valence-electron chi connectivity index (χ0n) is 11.0. The first-order chi connectivity index (χ1) is 7.89. The predicted molar refractivity (Wildman–Crippen MR) is 72.7 cm³/mol. The first kappa shape index (κ1) is 14.2. The Balaban J connectivity index is 3.06. The summed E-state index contributed by atoms with van der Waals surface area (Å²) in [6.45, 7) is 9.64. The Morgan fingerprint density at radius 1 is 1.41 bits per heavy atom. The fourth-order valence-electron chi connectivity index (χ4n) is 1.71. The highest BCUT2D eigenvalue weighted by Gasteiger charge is 2.21. The van der Waals surface area contributed by atoms with Crippen LogP contribution in [0.1, 0.15) is 51.9 Å². The van der Waals surface area contributed by atoms with Gasteiger partial charge in [0, 0.05) is 6.54 Å². The van der Waals surface area contributed by atoms with Gasteiger partial charge in [-0.2, -0.15) is 10.4 Å². The normalized spacial score (nSPS) is 11.5. The van der Waals surface area contributed by atoms with Crippen LogP contribution >= 0.6 is 15.9 Å². The lowest BCUT2D eigenvalue weighted by molar-refractivity contribution is 0.389. The van der Waals surface area contributed by atoms with Crippen molar-refractivity contribution in [3.63, 3.8) is 0 Å². The molecule has 1 aromatic rings. The van der Waals surface area contributed by atoms with Crippen LogP contribution in [0.2, 0.25) is 0 Å². The van der Waals surface area contributed by atoms with Crippen LogP contribution in [-0.2, 0) is 13.0 Å². The van der Waals surface area contributed by atoms with E-state index in [4.69, 9.17) is 5.26 Å². The van der Waals surface area contributed by atoms with Crippen molar-refractivity contribution < 1.29 is 0 Å². The third kappa shape index (κ3) is 3.85. The molecule has 0 saturated heterocycles. The number of rotatable bonds is 4. The van der Waals surface area contributed by atoms with Crippen molar-refractivity contribution in [3.05, 3.63) is 15.9 Å². The molecule has 0 aliphatic carbocycles. The van der Waals surface area contributed by atoms with Gasteiger partial charge in [-0.25, -0.2) is 0 Å². The molecule has 0 radical (unpaired) electrons. The van der Waals surface area contributed by atoms with Crippen LogP contribution in [0.25, 0.3) is 0 Å². The second kappa shape index (κ2) is 5.68. The second-order valence-corrected chi connectivity index (χ2v) is 6.33. The van der Waals surface area contributed by atoms with Gasteiger partial charge in [-0.05, 0) is 34.2 Å². The summed E-state index contributed by atoms with van der Waals surface area (Å²) < 4.78 is 2.85. The van der Waals surface area contributed by atoms with Crippen LogP contribution in [0.4, 0.5) is 0 Å². The van der Waals surface area contributed by atoms with E-state index in [9.17, 15) is 0 Å². The smallest absolute Gasteiger partial charge is 0.176 e. The zero-order valence-corrected chi connectivity index (χ0v) is 12.6. The lowest BCUT2D eigenvalue weighted by Crippen LogP contribution is -2.14. The van der Waals surface area contributed by atoms with E-state index in [1.165, 1.54) is 0 Å². The minimum atomic E-state index is 0.194. The molecule has 0 bridgehead atoms. The van der Waals surface area contributed by atoms with E-state index in [0.717, 1.165) is 36.0 Å². The summed E-state index contributed by atoms with van der Waals surface area (Å²) >= 11 is 3.50. The number of hydrogen-bond acceptors (Lipinski definition) is 2. The van der Waals surface area contributed by atoms with E-state index < -0.39 is 0 Å². The Hall–Kier alpha value is -0.820. The molecule has 1 aromatic heterocycles. The van der Waals surface area contributed by atoms with Gasteiger partial charge in [0.05, 0.1) is 10.2 Å². The maximum atomic E-state index is 9.02. The summed E-state index contributed by atoms with van der Waals surface area (Å²) in [6, 6.07) is 2.14. The molecule has 0 amide bonds. The largest absolute Gasteiger partial charge is 0.267 e. The Morgan fingerprint density at radius 3 is 2.53 bits per heavy atom. The van der Waals surface area contributed by atoms with Crippen molar-refractivity contribution >= 4 is 15.9 Å². The number of aryl methyl sites for hydroxylation is 1. The fourth-order valence-corrected chi connectivity index (χ4v) is 2.22. The number of nitriles is 1. The van der Waals surface area contributed by atoms with Crippen LogP contribution in [-0.4, -0.2) is 9.78 Å². The van der Waals surface area contributed by atoms with Gasteiger partial charge in [0.25, 0.3) is 0 Å². The SMILES string of the molecule is CCCCn1nc(C#N)c(Br)c1CC(C)(C)C. The molecular weight excluding hydrogens is 278 g/mol. The van der Waals surface area contributed by atoms with E-state index in [1.54, 1.807) is 0 Å². The van der Waals surface area contributed by atoms with E-state index >= 15 is 0 Å². The summed E-state index contributed by atoms with van der Waals surface area (Å²) in [7, 11) is 0. The van der Waals surface area contributed by atoms with Gasteiger partial charge in [0.2, 0.25) is 0 Å². The molecule has 0 aliphatic heterocycles. The van der Waals surface area contributed by atoms with Gasteiger partial charge in [0.15, 0.2) is 5.69 Å². The van der Waals surface area contributed by atoms with Crippen molar-refractivity contribution in [2.75, 3.05) is 0 Å². The predicted octanol–water partition coefficient (Wildman–Crippen LogP) is 3.91. The number of nitrogens with zero attached hydrogens (tertiary/aromatic N) is 3. The maximum absolute atomic E-state index is 9.02. The Labute approximate surface area is 112 Å². The molecule has 3 nitrogen and oxygen atoms in total. The lowest BCUT2D eigenvalue weighted by Gasteiger charge is -2.19. The summed E-state index contributed by atoms with van der Waals surface area (Å²) in [4.78, 5) is 0. The Kier molecular flexibility index (Phi) is 4.76. The highest BCUT2D eigenvalue weighted by Crippen LogP contribution is 2.28. The molecule has 0 aromatic carbocycles. The van der Waals surface area contributed by atoms with E-state index in [1.807, 2.05) is 4.68 Å². The van der Waals surface area contributed by atoms with Crippen LogP contribution in [0.15, 0.2) is 4.47 Å². The number of aromatic nitrogens is 2. The van der Waals surface area contributed by atoms with Gasteiger partial charge >= 0.3 is 0 Å². The molecule has 1 rings (SSSR count). The third-order valence-corrected chi connectivity index (χ3v) is 3.35. The van der Waals surface area contributed by atoms with Crippen LogP contribution in [0.3, 0.4) is 0 Å². The molecule has 0 aliphatic rings. The molecule has 17 heavy (non-hydrogen) atoms. The molecular formula is C13H20BrN3. The highest BCUT2D eigenvalue weighted by atomic mass is 79.9. The van der Waals surface area contributed by atoms with Gasteiger partial charge < -0.3 is 0 Å². The number of halogens is 1. The van der Waals surface area contributed by atoms with Crippen molar-refractivity contribution in [1.82, 2.24) is 9.78 Å². The topological polar surface area (TPSA) is 41.6 Å².